The molecule has 0 aromatic carbocycles. The molecule has 0 unspecified atom stereocenters. The summed E-state index contributed by atoms with van der Waals surface area (Å²) in [5.74, 6) is -1.80. The molecule has 0 aromatic rings. The third-order valence-electron chi connectivity index (χ3n) is 19.3. The summed E-state index contributed by atoms with van der Waals surface area (Å²) in [6, 6.07) is 0. The fraction of sp³-hybridized carbons (Fsp3) is 0.982. The standard InChI is InChI=1S/C56H90O47/c57-1-12-22(64)31(73)49(88-12)97-39-19(9-86-48(37(39)79)94-18-8-83-46(82)36(78)38(18)98-56-43(27(69)16(5-61)92-56)102-51-33(75)24(66)14(3-59)90-51)96-55-44(103-52-34(76)25(67)15(4-60)91-52)40(99-50-32(74)23(65)13(2-58)89-50)20(10-87-55)95-47-30(72)26(68)17(7-85-47)93-54-42(21(63)11(62)6-84-54)101-53-35(77)28(70)29(71)41(100-53)45(80)81/h11-44,46-79,82H,1-10H2,(H,80,81)/t11-,12-,13-,14-,15-,16-,17-,18-,19-,20-,21+,22-,23-,24-,25-,26+,27-,28+,29+,30-,31+,32+,33+,34+,35-,36-,37-,38+,39+,40+,41+,42-,43+,44-,46-,47+,48+,49-,50-,51-,52-,53-,54+,55+,56-/m1/s1. The molecule has 25 N–H and O–H groups in total. The Morgan fingerprint density at radius 1 is 0.252 bits per heavy atom. The van der Waals surface area contributed by atoms with Crippen LogP contribution in [0.25, 0.3) is 0 Å². The average molecular weight is 1520 g/mol. The van der Waals surface area contributed by atoms with Gasteiger partial charge in [-0.1, -0.05) is 0 Å². The van der Waals surface area contributed by atoms with Crippen LogP contribution < -0.4 is 0 Å². The van der Waals surface area contributed by atoms with Crippen molar-refractivity contribution in [2.75, 3.05) is 66.1 Å². The summed E-state index contributed by atoms with van der Waals surface area (Å²) < 4.78 is 123. The Bertz CT molecular complexity index is 2650. The number of ether oxygens (including phenoxy) is 21. The molecule has 11 saturated heterocycles. The number of carbonyl (C=O) groups is 1. The molecule has 0 aromatic heterocycles. The molecule has 11 aliphatic heterocycles. The van der Waals surface area contributed by atoms with Crippen LogP contribution in [0.2, 0.25) is 0 Å². The molecule has 0 spiro atoms. The number of hydrogen-bond acceptors (Lipinski definition) is 46. The first-order valence-corrected chi connectivity index (χ1v) is 32.8. The van der Waals surface area contributed by atoms with Gasteiger partial charge in [0, 0.05) is 0 Å². The van der Waals surface area contributed by atoms with Crippen LogP contribution in [-0.4, -0.2) is 476 Å². The fourth-order valence-electron chi connectivity index (χ4n) is 13.3. The van der Waals surface area contributed by atoms with Crippen LogP contribution in [0.3, 0.4) is 0 Å². The van der Waals surface area contributed by atoms with E-state index in [1.54, 1.807) is 0 Å². The van der Waals surface area contributed by atoms with Crippen LogP contribution in [0, 0.1) is 0 Å². The smallest absolute Gasteiger partial charge is 0.335 e. The summed E-state index contributed by atoms with van der Waals surface area (Å²) in [7, 11) is 0. The van der Waals surface area contributed by atoms with E-state index in [-0.39, 0.29) is 0 Å². The lowest BCUT2D eigenvalue weighted by atomic mass is 9.98. The van der Waals surface area contributed by atoms with Gasteiger partial charge in [-0.15, -0.1) is 0 Å². The number of aliphatic hydroxyl groups excluding tert-OH is 24. The van der Waals surface area contributed by atoms with E-state index in [4.69, 9.17) is 99.5 Å². The van der Waals surface area contributed by atoms with E-state index in [1.165, 1.54) is 0 Å². The zero-order valence-electron chi connectivity index (χ0n) is 53.7. The highest BCUT2D eigenvalue weighted by Crippen LogP contribution is 2.40. The Hall–Kier alpha value is -2.33. The van der Waals surface area contributed by atoms with Crippen LogP contribution in [0.5, 0.6) is 0 Å². The molecule has 0 aliphatic carbocycles. The molecule has 0 radical (unpaired) electrons. The molecule has 11 rings (SSSR count). The molecule has 47 nitrogen and oxygen atoms in total. The van der Waals surface area contributed by atoms with Crippen LogP contribution in [-0.2, 0) is 104 Å². The molecule has 103 heavy (non-hydrogen) atoms. The Kier molecular flexibility index (Phi) is 27.7. The maximum atomic E-state index is 12.4. The number of carboxylic acid groups (broad SMARTS) is 1. The van der Waals surface area contributed by atoms with Gasteiger partial charge in [0.25, 0.3) is 0 Å². The van der Waals surface area contributed by atoms with Crippen molar-refractivity contribution in [1.82, 2.24) is 0 Å². The number of rotatable bonds is 26. The summed E-state index contributed by atoms with van der Waals surface area (Å²) in [6.45, 7) is -8.38. The van der Waals surface area contributed by atoms with E-state index in [0.717, 1.165) is 0 Å². The van der Waals surface area contributed by atoms with Gasteiger partial charge in [0.15, 0.2) is 75.3 Å². The second-order valence-corrected chi connectivity index (χ2v) is 26.1. The first kappa shape index (κ1) is 81.7. The molecule has 11 aliphatic rings. The Labute approximate surface area is 579 Å². The van der Waals surface area contributed by atoms with Crippen LogP contribution >= 0.6 is 0 Å². The molecular weight excluding hydrogens is 1420 g/mol. The van der Waals surface area contributed by atoms with Crippen molar-refractivity contribution in [3.63, 3.8) is 0 Å². The average Bonchev–Trinajstić information content (AvgIpc) is 1.77. The van der Waals surface area contributed by atoms with E-state index >= 15 is 0 Å². The van der Waals surface area contributed by atoms with Crippen molar-refractivity contribution in [1.29, 1.82) is 0 Å². The first-order chi connectivity index (χ1) is 49.0. The highest BCUT2D eigenvalue weighted by Gasteiger charge is 2.60. The second-order valence-electron chi connectivity index (χ2n) is 26.1. The van der Waals surface area contributed by atoms with Gasteiger partial charge in [-0.05, 0) is 0 Å². The maximum absolute atomic E-state index is 12.4. The summed E-state index contributed by atoms with van der Waals surface area (Å²) in [4.78, 5) is 11.8. The molecule has 596 valence electrons. The quantitative estimate of drug-likeness (QED) is 0.0382. The number of hydrogen-bond donors (Lipinski definition) is 25. The third kappa shape index (κ3) is 17.0. The van der Waals surface area contributed by atoms with Crippen molar-refractivity contribution < 1.29 is 232 Å². The highest BCUT2D eigenvalue weighted by molar-refractivity contribution is 5.73. The monoisotopic (exact) mass is 1510 g/mol. The van der Waals surface area contributed by atoms with E-state index in [0.29, 0.717) is 0 Å². The van der Waals surface area contributed by atoms with E-state index in [9.17, 15) is 132 Å². The zero-order chi connectivity index (χ0) is 74.5. The van der Waals surface area contributed by atoms with Gasteiger partial charge in [-0.25, -0.2) is 4.79 Å². The summed E-state index contributed by atoms with van der Waals surface area (Å²) >= 11 is 0. The molecule has 0 saturated carbocycles. The fourth-order valence-corrected chi connectivity index (χ4v) is 13.3. The van der Waals surface area contributed by atoms with E-state index in [1.807, 2.05) is 0 Å². The summed E-state index contributed by atoms with van der Waals surface area (Å²) in [5, 5.41) is 269. The van der Waals surface area contributed by atoms with Crippen LogP contribution in [0.1, 0.15) is 0 Å². The predicted octanol–water partition coefficient (Wildman–Crippen LogP) is -18.5. The van der Waals surface area contributed by atoms with Crippen molar-refractivity contribution in [3.05, 3.63) is 0 Å². The second kappa shape index (κ2) is 34.9. The predicted molar refractivity (Wildman–Crippen MR) is 303 cm³/mol. The van der Waals surface area contributed by atoms with Gasteiger partial charge in [0.05, 0.1) is 66.1 Å². The molecular formula is C56H90O47. The first-order valence-electron chi connectivity index (χ1n) is 32.8. The summed E-state index contributed by atoms with van der Waals surface area (Å²) in [6.07, 6.45) is -86.5. The SMILES string of the molecule is O=C(O)[C@H]1O[C@H](O[C@H]2[C@H](O[C@@H]3CO[C@@H](O[C@@H]4CO[C@@H](O[C@@H]5CO[C@@H](O[C@@H]6CO[C@@H](O)[C@H](O)[C@H]6O[C@H]6O[C@H](CO)[C@@H](O)[C@@H]6O[C@H]6O[C@H](CO)[C@@H](O)[C@@H]6O)[C@H](O)[C@H]5O[C@H]5O[C@H](CO)[C@@H](O)[C@@H]5O)[C@H](O[C@H]5O[C@H](CO)[C@@H](O)[C@@H]5O)[C@H]4O[C@H]4O[C@H](CO)[C@@H](O)[C@@H]4O)[C@H](O)[C@H]3O)OC[C@@H](O)[C@@H]2O)[C@H](O)[C@@H](O)[C@@H]1O. The van der Waals surface area contributed by atoms with Crippen LogP contribution in [0.15, 0.2) is 0 Å². The van der Waals surface area contributed by atoms with Crippen molar-refractivity contribution in [3.8, 4) is 0 Å². The topological polar surface area (TPSA) is 717 Å². The Morgan fingerprint density at radius 3 is 1.06 bits per heavy atom. The van der Waals surface area contributed by atoms with Gasteiger partial charge >= 0.3 is 5.97 Å². The minimum atomic E-state index is -2.26. The normalized spacial score (nSPS) is 53.6. The Balaban J connectivity index is 0.852. The Morgan fingerprint density at radius 2 is 0.573 bits per heavy atom. The molecule has 0 amide bonds. The van der Waals surface area contributed by atoms with Crippen molar-refractivity contribution in [2.45, 2.75) is 277 Å². The summed E-state index contributed by atoms with van der Waals surface area (Å²) in [5.41, 5.74) is 0. The van der Waals surface area contributed by atoms with Gasteiger partial charge in [0.1, 0.15) is 201 Å². The van der Waals surface area contributed by atoms with Crippen LogP contribution in [0.4, 0.5) is 0 Å². The van der Waals surface area contributed by atoms with Gasteiger partial charge in [0.2, 0.25) is 0 Å². The molecule has 11 fully saturated rings. The molecule has 11 heterocycles. The highest BCUT2D eigenvalue weighted by atomic mass is 16.8. The van der Waals surface area contributed by atoms with Crippen molar-refractivity contribution in [2.24, 2.45) is 0 Å². The largest absolute Gasteiger partial charge is 0.479 e. The maximum Gasteiger partial charge on any atom is 0.335 e. The van der Waals surface area contributed by atoms with Gasteiger partial charge < -0.3 is 227 Å². The van der Waals surface area contributed by atoms with E-state index in [2.05, 4.69) is 0 Å². The number of aliphatic carboxylic acids is 1. The molecule has 0 bridgehead atoms. The van der Waals surface area contributed by atoms with E-state index < -0.39 is 349 Å². The molecule has 45 atom stereocenters. The molecule has 47 heteroatoms. The van der Waals surface area contributed by atoms with Gasteiger partial charge in [-0.3, -0.25) is 0 Å². The lowest BCUT2D eigenvalue weighted by molar-refractivity contribution is -0.393. The minimum Gasteiger partial charge on any atom is -0.479 e. The lowest BCUT2D eigenvalue weighted by Crippen LogP contribution is -2.65. The number of carboxylic acids is 1. The zero-order valence-corrected chi connectivity index (χ0v) is 53.7. The third-order valence-corrected chi connectivity index (χ3v) is 19.3. The lowest BCUT2D eigenvalue weighted by Gasteiger charge is -2.48. The van der Waals surface area contributed by atoms with Gasteiger partial charge in [-0.2, -0.15) is 0 Å². The van der Waals surface area contributed by atoms with Crippen molar-refractivity contribution >= 4 is 5.97 Å². The minimum absolute atomic E-state index is 0.688. The number of aliphatic hydroxyl groups is 24.